The molecule has 0 aromatic heterocycles. The quantitative estimate of drug-likeness (QED) is 0.337. The zero-order valence-corrected chi connectivity index (χ0v) is 25.8. The van der Waals surface area contributed by atoms with Gasteiger partial charge in [0.25, 0.3) is 0 Å². The van der Waals surface area contributed by atoms with Crippen LogP contribution >= 0.6 is 17.0 Å². The minimum atomic E-state index is -0.826. The summed E-state index contributed by atoms with van der Waals surface area (Å²) in [5.74, 6) is 1.07. The first-order valence-electron chi connectivity index (χ1n) is 11.9. The summed E-state index contributed by atoms with van der Waals surface area (Å²) < 4.78 is 6.18. The van der Waals surface area contributed by atoms with Gasteiger partial charge < -0.3 is 4.74 Å². The first-order chi connectivity index (χ1) is 14.6. The van der Waals surface area contributed by atoms with Gasteiger partial charge in [-0.3, -0.25) is 4.90 Å². The summed E-state index contributed by atoms with van der Waals surface area (Å²) in [6.07, 6.45) is 9.09. The molecule has 1 fully saturated rings. The van der Waals surface area contributed by atoms with Gasteiger partial charge in [0, 0.05) is 18.2 Å². The van der Waals surface area contributed by atoms with Crippen LogP contribution in [0.2, 0.25) is 0 Å². The second-order valence-corrected chi connectivity index (χ2v) is 12.8. The molecule has 0 heterocycles. The van der Waals surface area contributed by atoms with Gasteiger partial charge in [0.15, 0.2) is 0 Å². The SMILES string of the molecule is CC.CCC.C[C-](C)Oc1c(CN(C)C2CCCCC2)cccc1C(C)(C)C.[Cl][Zr][Cl]. The van der Waals surface area contributed by atoms with E-state index in [1.165, 1.54) is 49.7 Å². The molecule has 5 heteroatoms. The Hall–Kier alpha value is 0.443. The monoisotopic (exact) mass is 550 g/mol. The Kier molecular flexibility index (Phi) is 21.5. The van der Waals surface area contributed by atoms with E-state index in [9.17, 15) is 0 Å². The first kappa shape index (κ1) is 33.6. The van der Waals surface area contributed by atoms with E-state index in [4.69, 9.17) is 21.8 Å². The first-order valence-corrected chi connectivity index (χ1v) is 18.2. The molecule has 0 unspecified atom stereocenters. The molecule has 1 saturated carbocycles. The predicted molar refractivity (Wildman–Crippen MR) is 138 cm³/mol. The van der Waals surface area contributed by atoms with E-state index < -0.39 is 20.8 Å². The molecule has 1 aromatic carbocycles. The Morgan fingerprint density at radius 2 is 1.55 bits per heavy atom. The topological polar surface area (TPSA) is 12.5 Å². The van der Waals surface area contributed by atoms with Crippen LogP contribution in [0.1, 0.15) is 112 Å². The Bertz CT molecular complexity index is 539. The molecular weight excluding hydrogens is 504 g/mol. The molecule has 0 bridgehead atoms. The third-order valence-corrected chi connectivity index (χ3v) is 4.83. The summed E-state index contributed by atoms with van der Waals surface area (Å²) in [5, 5.41) is 0. The normalized spacial score (nSPS) is 13.9. The summed E-state index contributed by atoms with van der Waals surface area (Å²) >= 11 is -0.826. The summed E-state index contributed by atoms with van der Waals surface area (Å²) in [4.78, 5) is 2.53. The van der Waals surface area contributed by atoms with Gasteiger partial charge in [-0.1, -0.05) is 92.3 Å². The molecule has 1 aromatic rings. The van der Waals surface area contributed by atoms with Crippen LogP contribution in [0, 0.1) is 6.10 Å². The van der Waals surface area contributed by atoms with Crippen molar-refractivity contribution >= 4 is 17.0 Å². The zero-order valence-electron chi connectivity index (χ0n) is 21.9. The fourth-order valence-corrected chi connectivity index (χ4v) is 3.54. The molecule has 0 aliphatic heterocycles. The summed E-state index contributed by atoms with van der Waals surface area (Å²) in [5.41, 5.74) is 2.70. The maximum absolute atomic E-state index is 6.18. The molecule has 2 nitrogen and oxygen atoms in total. The number of para-hydroxylation sites is 1. The zero-order chi connectivity index (χ0) is 24.4. The molecule has 182 valence electrons. The molecule has 0 amide bonds. The van der Waals surface area contributed by atoms with Crippen LogP contribution in [0.25, 0.3) is 0 Å². The van der Waals surface area contributed by atoms with E-state index in [-0.39, 0.29) is 5.41 Å². The molecule has 2 rings (SSSR count). The summed E-state index contributed by atoms with van der Waals surface area (Å²) in [6, 6.07) is 7.35. The van der Waals surface area contributed by atoms with Gasteiger partial charge in [0.1, 0.15) is 0 Å². The average Bonchev–Trinajstić information content (AvgIpc) is 2.71. The third-order valence-electron chi connectivity index (χ3n) is 4.83. The number of nitrogens with zero attached hydrogens (tertiary/aromatic N) is 1. The van der Waals surface area contributed by atoms with Crippen molar-refractivity contribution in [1.29, 1.82) is 0 Å². The molecule has 1 aliphatic rings. The summed E-state index contributed by atoms with van der Waals surface area (Å²) in [7, 11) is 12.1. The van der Waals surface area contributed by atoms with Crippen molar-refractivity contribution in [2.75, 3.05) is 7.05 Å². The number of hydrogen-bond acceptors (Lipinski definition) is 2. The van der Waals surface area contributed by atoms with E-state index in [1.54, 1.807) is 0 Å². The van der Waals surface area contributed by atoms with E-state index in [0.29, 0.717) is 0 Å². The predicted octanol–water partition coefficient (Wildman–Crippen LogP) is 9.52. The van der Waals surface area contributed by atoms with Crippen molar-refractivity contribution in [3.05, 3.63) is 35.4 Å². The van der Waals surface area contributed by atoms with Crippen LogP contribution in [0.4, 0.5) is 0 Å². The number of ether oxygens (including phenoxy) is 1. The van der Waals surface area contributed by atoms with Crippen LogP contribution < -0.4 is 4.74 Å². The molecule has 1 aliphatic carbocycles. The van der Waals surface area contributed by atoms with Gasteiger partial charge >= 0.3 is 37.9 Å². The van der Waals surface area contributed by atoms with E-state index in [2.05, 4.69) is 64.8 Å². The number of benzene rings is 1. The molecular formula is C26H48Cl2NOZr-. The van der Waals surface area contributed by atoms with Crippen LogP contribution in [0.3, 0.4) is 0 Å². The fourth-order valence-electron chi connectivity index (χ4n) is 3.54. The molecule has 0 N–H and O–H groups in total. The fraction of sp³-hybridized carbons (Fsp3) is 0.731. The molecule has 0 spiro atoms. The summed E-state index contributed by atoms with van der Waals surface area (Å²) in [6.45, 7) is 20.1. The molecule has 0 radical (unpaired) electrons. The average molecular weight is 553 g/mol. The standard InChI is InChI=1S/C21H34NO.C3H8.C2H6.2ClH.Zr/c1-16(2)23-20-17(11-10-14-19(20)21(3,4)5)15-22(6)18-12-8-7-9-13-18;1-3-2;1-2;;;/h10-11,14,18H,7-9,12-13,15H2,1-6H3;3H2,1-2H3;1-2H3;2*1H;/q-1;;;;;+2/p-2. The molecule has 0 saturated heterocycles. The van der Waals surface area contributed by atoms with E-state index in [1.807, 2.05) is 27.7 Å². The minimum absolute atomic E-state index is 0.0875. The maximum atomic E-state index is 6.18. The number of hydrogen-bond donors (Lipinski definition) is 0. The second-order valence-electron chi connectivity index (χ2n) is 9.04. The Morgan fingerprint density at radius 3 is 1.97 bits per heavy atom. The van der Waals surface area contributed by atoms with E-state index >= 15 is 0 Å². The van der Waals surface area contributed by atoms with Gasteiger partial charge in [-0.05, 0) is 30.9 Å². The van der Waals surface area contributed by atoms with E-state index in [0.717, 1.165) is 24.4 Å². The Morgan fingerprint density at radius 1 is 1.06 bits per heavy atom. The molecule has 31 heavy (non-hydrogen) atoms. The van der Waals surface area contributed by atoms with Crippen molar-refractivity contribution in [2.24, 2.45) is 0 Å². The van der Waals surface area contributed by atoms with Gasteiger partial charge in [-0.2, -0.15) is 20.0 Å². The number of rotatable bonds is 5. The van der Waals surface area contributed by atoms with Crippen molar-refractivity contribution in [3.63, 3.8) is 0 Å². The van der Waals surface area contributed by atoms with Gasteiger partial charge in [0.05, 0.1) is 5.75 Å². The van der Waals surface area contributed by atoms with Crippen LogP contribution in [0.15, 0.2) is 18.2 Å². The Labute approximate surface area is 213 Å². The Balaban J connectivity index is 0. The second kappa shape index (κ2) is 19.9. The van der Waals surface area contributed by atoms with Crippen molar-refractivity contribution < 1.29 is 25.6 Å². The van der Waals surface area contributed by atoms with Crippen molar-refractivity contribution in [3.8, 4) is 5.75 Å². The van der Waals surface area contributed by atoms with Crippen LogP contribution in [-0.4, -0.2) is 18.0 Å². The van der Waals surface area contributed by atoms with Crippen molar-refractivity contribution in [2.45, 2.75) is 119 Å². The van der Waals surface area contributed by atoms with Crippen LogP contribution in [0.5, 0.6) is 5.75 Å². The van der Waals surface area contributed by atoms with Crippen LogP contribution in [-0.2, 0) is 32.8 Å². The van der Waals surface area contributed by atoms with Gasteiger partial charge in [0.2, 0.25) is 0 Å². The third kappa shape index (κ3) is 15.1. The van der Waals surface area contributed by atoms with Gasteiger partial charge in [-0.15, -0.1) is 0 Å². The number of halogens is 2. The van der Waals surface area contributed by atoms with Crippen molar-refractivity contribution in [1.82, 2.24) is 4.90 Å². The van der Waals surface area contributed by atoms with Gasteiger partial charge in [-0.25, -0.2) is 0 Å². The molecule has 0 atom stereocenters.